The number of nitrogens with one attached hydrogen (secondary N) is 1. The lowest BCUT2D eigenvalue weighted by atomic mass is 10.1. The molecule has 20 heavy (non-hydrogen) atoms. The van der Waals surface area contributed by atoms with Gasteiger partial charge in [-0.25, -0.2) is 4.79 Å². The van der Waals surface area contributed by atoms with Crippen molar-refractivity contribution in [1.29, 1.82) is 0 Å². The summed E-state index contributed by atoms with van der Waals surface area (Å²) < 4.78 is 6.17. The Balaban J connectivity index is 2.54. The number of carbonyl (C=O) groups is 2. The summed E-state index contributed by atoms with van der Waals surface area (Å²) in [6.07, 6.45) is 0.242. The summed E-state index contributed by atoms with van der Waals surface area (Å²) in [7, 11) is 0. The molecule has 0 saturated carbocycles. The highest BCUT2D eigenvalue weighted by Gasteiger charge is 2.15. The summed E-state index contributed by atoms with van der Waals surface area (Å²) in [6.45, 7) is 7.50. The molecular weight excluding hydrogens is 369 g/mol. The molecule has 0 aliphatic heterocycles. The van der Waals surface area contributed by atoms with Crippen LogP contribution < -0.4 is 5.32 Å². The highest BCUT2D eigenvalue weighted by atomic mass is 127. The zero-order valence-electron chi connectivity index (χ0n) is 12.2. The number of amides is 1. The molecule has 5 heteroatoms. The zero-order chi connectivity index (χ0) is 15.3. The van der Waals surface area contributed by atoms with E-state index in [1.807, 2.05) is 39.0 Å². The van der Waals surface area contributed by atoms with Gasteiger partial charge >= 0.3 is 6.09 Å². The lowest BCUT2D eigenvalue weighted by Crippen LogP contribution is -2.33. The molecule has 0 spiro atoms. The topological polar surface area (TPSA) is 55.4 Å². The highest BCUT2D eigenvalue weighted by Crippen LogP contribution is 2.13. The summed E-state index contributed by atoms with van der Waals surface area (Å²) in [5.74, 6) is 0.0462. The maximum atomic E-state index is 11.5. The molecule has 0 unspecified atom stereocenters. The minimum absolute atomic E-state index is 0.0462. The Morgan fingerprint density at radius 1 is 1.25 bits per heavy atom. The van der Waals surface area contributed by atoms with E-state index in [-0.39, 0.29) is 5.78 Å². The van der Waals surface area contributed by atoms with E-state index in [9.17, 15) is 9.59 Å². The van der Waals surface area contributed by atoms with Crippen LogP contribution >= 0.6 is 22.6 Å². The van der Waals surface area contributed by atoms with Crippen molar-refractivity contribution >= 4 is 34.5 Å². The van der Waals surface area contributed by atoms with E-state index in [1.54, 1.807) is 6.92 Å². The lowest BCUT2D eigenvalue weighted by Gasteiger charge is -2.19. The van der Waals surface area contributed by atoms with E-state index in [2.05, 4.69) is 27.9 Å². The number of ether oxygens (including phenoxy) is 1. The monoisotopic (exact) mass is 389 g/mol. The first-order chi connectivity index (χ1) is 9.17. The molecule has 1 aromatic carbocycles. The van der Waals surface area contributed by atoms with Gasteiger partial charge in [-0.3, -0.25) is 4.79 Å². The quantitative estimate of drug-likeness (QED) is 0.633. The van der Waals surface area contributed by atoms with E-state index in [0.717, 1.165) is 9.13 Å². The van der Waals surface area contributed by atoms with Gasteiger partial charge in [-0.15, -0.1) is 0 Å². The Kier molecular flexibility index (Phi) is 5.98. The number of rotatable bonds is 4. The standard InChI is InChI=1S/C15H20INO3/c1-10(18)12-7-11(8-13(16)9-12)5-6-17-14(19)20-15(2,3)4/h7-9H,5-6H2,1-4H3,(H,17,19). The molecule has 0 fully saturated rings. The normalized spacial score (nSPS) is 11.1. The van der Waals surface area contributed by atoms with Gasteiger partial charge in [0.25, 0.3) is 0 Å². The number of hydrogen-bond donors (Lipinski definition) is 1. The second-order valence-electron chi connectivity index (χ2n) is 5.58. The highest BCUT2D eigenvalue weighted by molar-refractivity contribution is 14.1. The van der Waals surface area contributed by atoms with E-state index < -0.39 is 11.7 Å². The molecule has 0 aliphatic rings. The SMILES string of the molecule is CC(=O)c1cc(I)cc(CCNC(=O)OC(C)(C)C)c1. The zero-order valence-corrected chi connectivity index (χ0v) is 14.4. The number of alkyl carbamates (subject to hydrolysis) is 1. The average Bonchev–Trinajstić information content (AvgIpc) is 2.25. The van der Waals surface area contributed by atoms with Gasteiger partial charge in [-0.05, 0) is 80.5 Å². The van der Waals surface area contributed by atoms with Gasteiger partial charge in [0, 0.05) is 15.7 Å². The van der Waals surface area contributed by atoms with E-state index >= 15 is 0 Å². The van der Waals surface area contributed by atoms with Gasteiger partial charge in [0.15, 0.2) is 5.78 Å². The molecule has 0 radical (unpaired) electrons. The Labute approximate surface area is 133 Å². The van der Waals surface area contributed by atoms with Crippen molar-refractivity contribution in [3.05, 3.63) is 32.9 Å². The second kappa shape index (κ2) is 7.06. The third-order valence-electron chi connectivity index (χ3n) is 2.45. The van der Waals surface area contributed by atoms with Crippen molar-refractivity contribution in [2.75, 3.05) is 6.54 Å². The van der Waals surface area contributed by atoms with Crippen molar-refractivity contribution < 1.29 is 14.3 Å². The molecule has 110 valence electrons. The van der Waals surface area contributed by atoms with Crippen LogP contribution in [0.15, 0.2) is 18.2 Å². The van der Waals surface area contributed by atoms with Crippen LogP contribution in [0.1, 0.15) is 43.6 Å². The molecule has 0 bridgehead atoms. The first kappa shape index (κ1) is 16.9. The van der Waals surface area contributed by atoms with E-state index in [0.29, 0.717) is 18.5 Å². The van der Waals surface area contributed by atoms with Gasteiger partial charge in [0.2, 0.25) is 0 Å². The van der Waals surface area contributed by atoms with Crippen molar-refractivity contribution in [2.45, 2.75) is 39.7 Å². The Bertz CT molecular complexity index is 506. The first-order valence-corrected chi connectivity index (χ1v) is 7.52. The maximum absolute atomic E-state index is 11.5. The van der Waals surface area contributed by atoms with Crippen molar-refractivity contribution in [1.82, 2.24) is 5.32 Å². The number of hydrogen-bond acceptors (Lipinski definition) is 3. The molecule has 0 heterocycles. The Morgan fingerprint density at radius 2 is 1.90 bits per heavy atom. The van der Waals surface area contributed by atoms with Crippen LogP contribution in [0.4, 0.5) is 4.79 Å². The largest absolute Gasteiger partial charge is 0.444 e. The van der Waals surface area contributed by atoms with Gasteiger partial charge in [-0.2, -0.15) is 0 Å². The predicted octanol–water partition coefficient (Wildman–Crippen LogP) is 3.56. The van der Waals surface area contributed by atoms with E-state index in [4.69, 9.17) is 4.74 Å². The molecule has 1 amide bonds. The Hall–Kier alpha value is -1.11. The number of carbonyl (C=O) groups excluding carboxylic acids is 2. The van der Waals surface area contributed by atoms with Crippen LogP contribution in [0.2, 0.25) is 0 Å². The van der Waals surface area contributed by atoms with Gasteiger partial charge in [0.1, 0.15) is 5.60 Å². The predicted molar refractivity (Wildman–Crippen MR) is 87.1 cm³/mol. The van der Waals surface area contributed by atoms with Crippen LogP contribution in [-0.4, -0.2) is 24.0 Å². The summed E-state index contributed by atoms with van der Waals surface area (Å²) in [4.78, 5) is 22.9. The number of ketones is 1. The summed E-state index contributed by atoms with van der Waals surface area (Å²) in [5, 5.41) is 2.71. The molecule has 0 aromatic heterocycles. The number of halogens is 1. The fraction of sp³-hybridized carbons (Fsp3) is 0.467. The third-order valence-corrected chi connectivity index (χ3v) is 3.07. The summed E-state index contributed by atoms with van der Waals surface area (Å²) in [6, 6.07) is 5.72. The van der Waals surface area contributed by atoms with Crippen LogP contribution in [-0.2, 0) is 11.2 Å². The summed E-state index contributed by atoms with van der Waals surface area (Å²) in [5.41, 5.74) is 1.23. The minimum Gasteiger partial charge on any atom is -0.444 e. The first-order valence-electron chi connectivity index (χ1n) is 6.44. The van der Waals surface area contributed by atoms with Crippen LogP contribution in [0.25, 0.3) is 0 Å². The Morgan fingerprint density at radius 3 is 2.45 bits per heavy atom. The average molecular weight is 389 g/mol. The number of benzene rings is 1. The molecule has 1 N–H and O–H groups in total. The summed E-state index contributed by atoms with van der Waals surface area (Å²) >= 11 is 2.18. The van der Waals surface area contributed by atoms with Gasteiger partial charge in [-0.1, -0.05) is 0 Å². The molecule has 0 aliphatic carbocycles. The van der Waals surface area contributed by atoms with Crippen LogP contribution in [0.5, 0.6) is 0 Å². The minimum atomic E-state index is -0.492. The molecule has 0 atom stereocenters. The van der Waals surface area contributed by atoms with Gasteiger partial charge < -0.3 is 10.1 Å². The third kappa shape index (κ3) is 6.36. The molecule has 0 saturated heterocycles. The lowest BCUT2D eigenvalue weighted by molar-refractivity contribution is 0.0528. The number of Topliss-reactive ketones (excluding diaryl/α,β-unsaturated/α-hetero) is 1. The van der Waals surface area contributed by atoms with Crippen molar-refractivity contribution in [3.63, 3.8) is 0 Å². The van der Waals surface area contributed by atoms with Crippen molar-refractivity contribution in [3.8, 4) is 0 Å². The fourth-order valence-electron chi connectivity index (χ4n) is 1.62. The molecule has 1 rings (SSSR count). The molecule has 4 nitrogen and oxygen atoms in total. The van der Waals surface area contributed by atoms with Gasteiger partial charge in [0.05, 0.1) is 0 Å². The fourth-order valence-corrected chi connectivity index (χ4v) is 2.36. The van der Waals surface area contributed by atoms with Crippen LogP contribution in [0.3, 0.4) is 0 Å². The van der Waals surface area contributed by atoms with Crippen LogP contribution in [0, 0.1) is 3.57 Å². The maximum Gasteiger partial charge on any atom is 0.407 e. The van der Waals surface area contributed by atoms with E-state index in [1.165, 1.54) is 0 Å². The van der Waals surface area contributed by atoms with Crippen molar-refractivity contribution in [2.24, 2.45) is 0 Å². The molecule has 1 aromatic rings. The smallest absolute Gasteiger partial charge is 0.407 e. The molecular formula is C15H20INO3. The second-order valence-corrected chi connectivity index (χ2v) is 6.83.